The van der Waals surface area contributed by atoms with Crippen LogP contribution in [0.25, 0.3) is 10.9 Å². The SMILES string of the molecule is COC(=O)c1ccc2c(NC(=O)OC(C)(C)C)n(C3CCC(CO)CC3)nc2c1. The van der Waals surface area contributed by atoms with Gasteiger partial charge in [-0.1, -0.05) is 0 Å². The summed E-state index contributed by atoms with van der Waals surface area (Å²) in [5, 5.41) is 17.7. The molecule has 0 radical (unpaired) electrons. The van der Waals surface area contributed by atoms with Crippen molar-refractivity contribution >= 4 is 28.8 Å². The molecule has 0 unspecified atom stereocenters. The van der Waals surface area contributed by atoms with Crippen LogP contribution in [0.5, 0.6) is 0 Å². The zero-order valence-corrected chi connectivity index (χ0v) is 17.4. The van der Waals surface area contributed by atoms with Crippen molar-refractivity contribution in [1.29, 1.82) is 0 Å². The smallest absolute Gasteiger partial charge is 0.413 e. The lowest BCUT2D eigenvalue weighted by Crippen LogP contribution is -2.29. The molecule has 2 aromatic rings. The molecule has 1 amide bonds. The number of hydrogen-bond acceptors (Lipinski definition) is 6. The number of aromatic nitrogens is 2. The maximum absolute atomic E-state index is 12.4. The predicted molar refractivity (Wildman–Crippen MR) is 109 cm³/mol. The number of esters is 1. The summed E-state index contributed by atoms with van der Waals surface area (Å²) in [4.78, 5) is 24.3. The molecule has 0 spiro atoms. The third-order valence-electron chi connectivity index (χ3n) is 5.16. The Morgan fingerprint density at radius 1 is 1.24 bits per heavy atom. The van der Waals surface area contributed by atoms with Crippen molar-refractivity contribution in [3.8, 4) is 0 Å². The van der Waals surface area contributed by atoms with E-state index in [1.165, 1.54) is 7.11 Å². The fourth-order valence-corrected chi connectivity index (χ4v) is 3.71. The molecule has 0 bridgehead atoms. The standard InChI is InChI=1S/C21H29N3O5/c1-21(2,3)29-20(27)22-18-16-10-7-14(19(26)28-4)11-17(16)23-24(18)15-8-5-13(12-25)6-9-15/h7,10-11,13,15,25H,5-6,8-9,12H2,1-4H3,(H,22,27). The highest BCUT2D eigenvalue weighted by atomic mass is 16.6. The molecule has 0 atom stereocenters. The lowest BCUT2D eigenvalue weighted by atomic mass is 9.86. The molecule has 29 heavy (non-hydrogen) atoms. The van der Waals surface area contributed by atoms with Gasteiger partial charge in [0.2, 0.25) is 0 Å². The lowest BCUT2D eigenvalue weighted by molar-refractivity contribution is 0.0598. The highest BCUT2D eigenvalue weighted by molar-refractivity contribution is 6.01. The molecule has 0 aliphatic heterocycles. The van der Waals surface area contributed by atoms with E-state index in [1.54, 1.807) is 39.0 Å². The van der Waals surface area contributed by atoms with Crippen LogP contribution in [0.2, 0.25) is 0 Å². The molecule has 2 N–H and O–H groups in total. The van der Waals surface area contributed by atoms with Gasteiger partial charge in [-0.15, -0.1) is 0 Å². The Kier molecular flexibility index (Phi) is 6.12. The summed E-state index contributed by atoms with van der Waals surface area (Å²) in [7, 11) is 1.33. The Bertz CT molecular complexity index is 892. The van der Waals surface area contributed by atoms with E-state index >= 15 is 0 Å². The second kappa shape index (κ2) is 8.41. The van der Waals surface area contributed by atoms with Gasteiger partial charge < -0.3 is 14.6 Å². The van der Waals surface area contributed by atoms with Crippen LogP contribution in [-0.2, 0) is 9.47 Å². The summed E-state index contributed by atoms with van der Waals surface area (Å²) in [6.45, 7) is 5.61. The first-order valence-corrected chi connectivity index (χ1v) is 9.93. The number of carbonyl (C=O) groups is 2. The van der Waals surface area contributed by atoms with Crippen LogP contribution >= 0.6 is 0 Å². The summed E-state index contributed by atoms with van der Waals surface area (Å²) >= 11 is 0. The van der Waals surface area contributed by atoms with Gasteiger partial charge in [-0.2, -0.15) is 5.10 Å². The van der Waals surface area contributed by atoms with Crippen molar-refractivity contribution in [2.75, 3.05) is 19.0 Å². The first-order valence-electron chi connectivity index (χ1n) is 9.93. The van der Waals surface area contributed by atoms with Crippen LogP contribution in [0.4, 0.5) is 10.6 Å². The summed E-state index contributed by atoms with van der Waals surface area (Å²) in [6, 6.07) is 5.18. The van der Waals surface area contributed by atoms with Crippen LogP contribution in [-0.4, -0.2) is 46.3 Å². The minimum atomic E-state index is -0.623. The van der Waals surface area contributed by atoms with Crippen LogP contribution in [0.1, 0.15) is 62.9 Å². The Morgan fingerprint density at radius 2 is 1.93 bits per heavy atom. The second-order valence-electron chi connectivity index (χ2n) is 8.50. The molecular formula is C21H29N3O5. The normalized spacial score (nSPS) is 19.8. The quantitative estimate of drug-likeness (QED) is 0.751. The van der Waals surface area contributed by atoms with Crippen molar-refractivity contribution < 1.29 is 24.2 Å². The molecule has 8 nitrogen and oxygen atoms in total. The molecule has 0 saturated heterocycles. The first kappa shape index (κ1) is 21.1. The second-order valence-corrected chi connectivity index (χ2v) is 8.50. The average Bonchev–Trinajstić information content (AvgIpc) is 3.03. The summed E-state index contributed by atoms with van der Waals surface area (Å²) < 4.78 is 12.0. The molecule has 1 aromatic carbocycles. The molecule has 8 heteroatoms. The number of hydrogen-bond donors (Lipinski definition) is 2. The van der Waals surface area contributed by atoms with Crippen LogP contribution in [0.3, 0.4) is 0 Å². The predicted octanol–water partition coefficient (Wildman–Crippen LogP) is 3.89. The minimum Gasteiger partial charge on any atom is -0.465 e. The maximum Gasteiger partial charge on any atom is 0.413 e. The largest absolute Gasteiger partial charge is 0.465 e. The topological polar surface area (TPSA) is 103 Å². The number of fused-ring (bicyclic) bond motifs is 1. The molecule has 1 aliphatic rings. The molecular weight excluding hydrogens is 374 g/mol. The highest BCUT2D eigenvalue weighted by Gasteiger charge is 2.27. The number of nitrogens with one attached hydrogen (secondary N) is 1. The number of rotatable bonds is 4. The minimum absolute atomic E-state index is 0.0942. The number of carbonyl (C=O) groups excluding carboxylic acids is 2. The van der Waals surface area contributed by atoms with E-state index in [2.05, 4.69) is 5.32 Å². The number of aliphatic hydroxyl groups is 1. The number of aliphatic hydroxyl groups excluding tert-OH is 1. The monoisotopic (exact) mass is 403 g/mol. The van der Waals surface area contributed by atoms with Crippen LogP contribution in [0.15, 0.2) is 18.2 Å². The summed E-state index contributed by atoms with van der Waals surface area (Å²) in [6.07, 6.45) is 2.95. The molecule has 1 saturated carbocycles. The van der Waals surface area contributed by atoms with Gasteiger partial charge in [0.15, 0.2) is 0 Å². The first-order chi connectivity index (χ1) is 13.7. The fourth-order valence-electron chi connectivity index (χ4n) is 3.71. The summed E-state index contributed by atoms with van der Waals surface area (Å²) in [5.74, 6) is 0.425. The van der Waals surface area contributed by atoms with E-state index in [1.807, 2.05) is 4.68 Å². The van der Waals surface area contributed by atoms with Gasteiger partial charge in [0.25, 0.3) is 0 Å². The molecule has 1 aromatic heterocycles. The maximum atomic E-state index is 12.4. The average molecular weight is 403 g/mol. The molecule has 1 fully saturated rings. The molecule has 1 aliphatic carbocycles. The van der Waals surface area contributed by atoms with Crippen molar-refractivity contribution in [2.45, 2.75) is 58.1 Å². The fraction of sp³-hybridized carbons (Fsp3) is 0.571. The van der Waals surface area contributed by atoms with E-state index in [-0.39, 0.29) is 12.6 Å². The van der Waals surface area contributed by atoms with E-state index < -0.39 is 17.7 Å². The van der Waals surface area contributed by atoms with Gasteiger partial charge in [-0.05, 0) is 70.6 Å². The van der Waals surface area contributed by atoms with Crippen molar-refractivity contribution in [1.82, 2.24) is 9.78 Å². The van der Waals surface area contributed by atoms with Gasteiger partial charge >= 0.3 is 12.1 Å². The molecule has 1 heterocycles. The van der Waals surface area contributed by atoms with Gasteiger partial charge in [0, 0.05) is 12.0 Å². The number of methoxy groups -OCH3 is 1. The van der Waals surface area contributed by atoms with Gasteiger partial charge in [-0.25, -0.2) is 14.3 Å². The van der Waals surface area contributed by atoms with E-state index in [0.717, 1.165) is 31.1 Å². The molecule has 3 rings (SSSR count). The zero-order chi connectivity index (χ0) is 21.2. The Balaban J connectivity index is 1.98. The van der Waals surface area contributed by atoms with E-state index in [9.17, 15) is 14.7 Å². The lowest BCUT2D eigenvalue weighted by Gasteiger charge is -2.28. The van der Waals surface area contributed by atoms with E-state index in [0.29, 0.717) is 22.8 Å². The van der Waals surface area contributed by atoms with Gasteiger partial charge in [0.1, 0.15) is 11.4 Å². The third kappa shape index (κ3) is 4.87. The van der Waals surface area contributed by atoms with Gasteiger partial charge in [-0.3, -0.25) is 5.32 Å². The van der Waals surface area contributed by atoms with Gasteiger partial charge in [0.05, 0.1) is 24.2 Å². The number of ether oxygens (including phenoxy) is 2. The number of anilines is 1. The molecule has 158 valence electrons. The van der Waals surface area contributed by atoms with Crippen molar-refractivity contribution in [2.24, 2.45) is 5.92 Å². The third-order valence-corrected chi connectivity index (χ3v) is 5.16. The summed E-state index contributed by atoms with van der Waals surface area (Å²) in [5.41, 5.74) is 0.378. The number of amides is 1. The van der Waals surface area contributed by atoms with Crippen molar-refractivity contribution in [3.63, 3.8) is 0 Å². The van der Waals surface area contributed by atoms with Crippen LogP contribution < -0.4 is 5.32 Å². The van der Waals surface area contributed by atoms with Crippen molar-refractivity contribution in [3.05, 3.63) is 23.8 Å². The number of nitrogens with zero attached hydrogens (tertiary/aromatic N) is 2. The Hall–Kier alpha value is -2.61. The zero-order valence-electron chi connectivity index (χ0n) is 17.4. The van der Waals surface area contributed by atoms with E-state index in [4.69, 9.17) is 14.6 Å². The number of benzene rings is 1. The Labute approximate surface area is 170 Å². The highest BCUT2D eigenvalue weighted by Crippen LogP contribution is 2.36. The Morgan fingerprint density at radius 3 is 2.52 bits per heavy atom. The van der Waals surface area contributed by atoms with Crippen LogP contribution in [0, 0.1) is 5.92 Å².